The molecule has 0 aliphatic rings. The maximum atomic E-state index is 13.6. The minimum atomic E-state index is 0. The Labute approximate surface area is 194 Å². The van der Waals surface area contributed by atoms with Crippen LogP contribution in [-0.2, 0) is 0 Å². The molecule has 0 spiro atoms. The molecule has 0 N–H and O–H groups in total. The van der Waals surface area contributed by atoms with E-state index in [1.54, 1.807) is 23.1 Å². The number of fused-ring (bicyclic) bond motifs is 1. The smallest absolute Gasteiger partial charge is 0.261 e. The number of benzene rings is 2. The van der Waals surface area contributed by atoms with E-state index >= 15 is 0 Å². The average Bonchev–Trinajstić information content (AvgIpc) is 3.18. The number of rotatable bonds is 8. The van der Waals surface area contributed by atoms with Gasteiger partial charge in [-0.25, -0.2) is 4.98 Å². The summed E-state index contributed by atoms with van der Waals surface area (Å²) in [7, 11) is 0. The first-order chi connectivity index (χ1) is 14.0. The number of aryl methyl sites for hydroxylation is 2. The Bertz CT molecular complexity index is 1000. The molecule has 0 bridgehead atoms. The van der Waals surface area contributed by atoms with Gasteiger partial charge in [0.05, 0.1) is 15.8 Å². The Hall–Kier alpha value is -1.60. The molecule has 3 aromatic rings. The molecule has 4 nitrogen and oxygen atoms in total. The zero-order valence-corrected chi connectivity index (χ0v) is 20.7. The molecule has 1 heterocycles. The van der Waals surface area contributed by atoms with Crippen molar-refractivity contribution in [2.75, 3.05) is 37.3 Å². The third-order valence-corrected chi connectivity index (χ3v) is 7.26. The van der Waals surface area contributed by atoms with Crippen molar-refractivity contribution in [3.8, 4) is 0 Å². The molecule has 0 radical (unpaired) electrons. The molecule has 0 saturated heterocycles. The Morgan fingerprint density at radius 1 is 1.07 bits per heavy atom. The van der Waals surface area contributed by atoms with Crippen LogP contribution in [-0.4, -0.2) is 48.2 Å². The number of thiazole rings is 1. The molecule has 1 amide bonds. The van der Waals surface area contributed by atoms with E-state index in [-0.39, 0.29) is 18.3 Å². The van der Waals surface area contributed by atoms with Crippen molar-refractivity contribution in [1.82, 2.24) is 9.88 Å². The fourth-order valence-corrected chi connectivity index (χ4v) is 5.00. The van der Waals surface area contributed by atoms with E-state index in [9.17, 15) is 4.79 Å². The van der Waals surface area contributed by atoms with Gasteiger partial charge >= 0.3 is 0 Å². The van der Waals surface area contributed by atoms with Gasteiger partial charge < -0.3 is 4.90 Å². The quantitative estimate of drug-likeness (QED) is 0.381. The summed E-state index contributed by atoms with van der Waals surface area (Å²) in [5, 5.41) is 0.779. The van der Waals surface area contributed by atoms with E-state index in [0.717, 1.165) is 45.4 Å². The lowest BCUT2D eigenvalue weighted by atomic mass is 10.1. The number of thioether (sulfide) groups is 1. The zero-order valence-electron chi connectivity index (χ0n) is 18.3. The number of likely N-dealkylation sites (N-methyl/N-ethyl adjacent to an activating group) is 1. The largest absolute Gasteiger partial charge is 0.302 e. The van der Waals surface area contributed by atoms with Gasteiger partial charge in [-0.05, 0) is 62.5 Å². The van der Waals surface area contributed by atoms with Gasteiger partial charge in [0, 0.05) is 18.0 Å². The molecule has 0 atom stereocenters. The molecular formula is C23H30ClN3OS2. The van der Waals surface area contributed by atoms with Gasteiger partial charge in [-0.1, -0.05) is 43.4 Å². The van der Waals surface area contributed by atoms with E-state index in [1.165, 1.54) is 11.1 Å². The highest BCUT2D eigenvalue weighted by Crippen LogP contribution is 2.33. The molecule has 0 fully saturated rings. The molecule has 0 saturated carbocycles. The number of hydrogen-bond acceptors (Lipinski definition) is 5. The maximum Gasteiger partial charge on any atom is 0.261 e. The first-order valence-electron chi connectivity index (χ1n) is 10.0. The Balaban J connectivity index is 0.00000320. The minimum absolute atomic E-state index is 0. The van der Waals surface area contributed by atoms with Gasteiger partial charge in [0.2, 0.25) is 0 Å². The highest BCUT2D eigenvalue weighted by molar-refractivity contribution is 7.98. The predicted molar refractivity (Wildman–Crippen MR) is 134 cm³/mol. The highest BCUT2D eigenvalue weighted by atomic mass is 35.5. The Morgan fingerprint density at radius 3 is 2.43 bits per heavy atom. The van der Waals surface area contributed by atoms with E-state index in [4.69, 9.17) is 4.98 Å². The Morgan fingerprint density at radius 2 is 1.77 bits per heavy atom. The molecule has 30 heavy (non-hydrogen) atoms. The van der Waals surface area contributed by atoms with Crippen LogP contribution in [0.15, 0.2) is 41.3 Å². The third-order valence-electron chi connectivity index (χ3n) is 5.42. The van der Waals surface area contributed by atoms with Crippen molar-refractivity contribution in [2.24, 2.45) is 0 Å². The third kappa shape index (κ3) is 5.17. The number of carbonyl (C=O) groups is 1. The van der Waals surface area contributed by atoms with Crippen molar-refractivity contribution >= 4 is 56.8 Å². The van der Waals surface area contributed by atoms with Crippen LogP contribution in [0.25, 0.3) is 10.2 Å². The van der Waals surface area contributed by atoms with Crippen LogP contribution in [0.2, 0.25) is 0 Å². The molecule has 2 aromatic carbocycles. The van der Waals surface area contributed by atoms with Crippen molar-refractivity contribution in [3.05, 3.63) is 53.1 Å². The zero-order chi connectivity index (χ0) is 21.0. The number of halogens is 1. The second-order valence-electron chi connectivity index (χ2n) is 7.03. The number of amides is 1. The summed E-state index contributed by atoms with van der Waals surface area (Å²) >= 11 is 3.20. The maximum absolute atomic E-state index is 13.6. The summed E-state index contributed by atoms with van der Waals surface area (Å²) in [6, 6.07) is 12.1. The summed E-state index contributed by atoms with van der Waals surface area (Å²) in [4.78, 5) is 23.7. The van der Waals surface area contributed by atoms with Crippen molar-refractivity contribution in [1.29, 1.82) is 0 Å². The van der Waals surface area contributed by atoms with Crippen molar-refractivity contribution < 1.29 is 4.79 Å². The SMILES string of the molecule is CCN(CC)CCN(C(=O)c1ccccc1SC)c1nc2c(C)c(C)ccc2s1.Cl. The number of nitrogens with zero attached hydrogens (tertiary/aromatic N) is 3. The fourth-order valence-electron chi connectivity index (χ4n) is 3.36. The Kier molecular flexibility index (Phi) is 9.16. The van der Waals surface area contributed by atoms with Crippen LogP contribution in [0.1, 0.15) is 35.3 Å². The molecule has 3 rings (SSSR count). The molecular weight excluding hydrogens is 434 g/mol. The molecule has 7 heteroatoms. The average molecular weight is 464 g/mol. The van der Waals surface area contributed by atoms with E-state index in [1.807, 2.05) is 35.4 Å². The molecule has 0 aliphatic heterocycles. The van der Waals surface area contributed by atoms with E-state index in [0.29, 0.717) is 6.54 Å². The van der Waals surface area contributed by atoms with Gasteiger partial charge in [-0.3, -0.25) is 9.69 Å². The fraction of sp³-hybridized carbons (Fsp3) is 0.391. The van der Waals surface area contributed by atoms with Crippen molar-refractivity contribution in [2.45, 2.75) is 32.6 Å². The second-order valence-corrected chi connectivity index (χ2v) is 8.89. The predicted octanol–water partition coefficient (Wildman–Crippen LogP) is 6.05. The van der Waals surface area contributed by atoms with Crippen LogP contribution >= 0.6 is 35.5 Å². The lowest BCUT2D eigenvalue weighted by molar-refractivity contribution is 0.0981. The normalized spacial score (nSPS) is 11.0. The number of carbonyl (C=O) groups excluding carboxylic acids is 1. The molecule has 0 unspecified atom stereocenters. The molecule has 1 aromatic heterocycles. The van der Waals surface area contributed by atoms with Gasteiger partial charge in [0.25, 0.3) is 5.91 Å². The number of hydrogen-bond donors (Lipinski definition) is 0. The van der Waals surface area contributed by atoms with Gasteiger partial charge in [-0.15, -0.1) is 24.2 Å². The van der Waals surface area contributed by atoms with Crippen LogP contribution in [0.3, 0.4) is 0 Å². The van der Waals surface area contributed by atoms with Crippen molar-refractivity contribution in [3.63, 3.8) is 0 Å². The first kappa shape index (κ1) is 24.7. The lowest BCUT2D eigenvalue weighted by Crippen LogP contribution is -2.39. The van der Waals surface area contributed by atoms with E-state index < -0.39 is 0 Å². The molecule has 0 aliphatic carbocycles. The van der Waals surface area contributed by atoms with Gasteiger partial charge in [0.15, 0.2) is 5.13 Å². The lowest BCUT2D eigenvalue weighted by Gasteiger charge is -2.25. The summed E-state index contributed by atoms with van der Waals surface area (Å²) in [5.74, 6) is 0.0236. The van der Waals surface area contributed by atoms with E-state index in [2.05, 4.69) is 44.7 Å². The summed E-state index contributed by atoms with van der Waals surface area (Å²) in [6.07, 6.45) is 2.01. The van der Waals surface area contributed by atoms with Gasteiger partial charge in [-0.2, -0.15) is 0 Å². The first-order valence-corrected chi connectivity index (χ1v) is 12.1. The minimum Gasteiger partial charge on any atom is -0.302 e. The van der Waals surface area contributed by atoms with Crippen LogP contribution < -0.4 is 4.90 Å². The van der Waals surface area contributed by atoms with Crippen LogP contribution in [0, 0.1) is 13.8 Å². The molecule has 162 valence electrons. The van der Waals surface area contributed by atoms with Crippen LogP contribution in [0.4, 0.5) is 5.13 Å². The highest BCUT2D eigenvalue weighted by Gasteiger charge is 2.24. The summed E-state index contributed by atoms with van der Waals surface area (Å²) < 4.78 is 1.13. The monoisotopic (exact) mass is 463 g/mol. The topological polar surface area (TPSA) is 36.4 Å². The number of aromatic nitrogens is 1. The summed E-state index contributed by atoms with van der Waals surface area (Å²) in [6.45, 7) is 11.9. The van der Waals surface area contributed by atoms with Crippen LogP contribution in [0.5, 0.6) is 0 Å². The summed E-state index contributed by atoms with van der Waals surface area (Å²) in [5.41, 5.74) is 4.16. The second kappa shape index (κ2) is 11.1. The number of anilines is 1. The van der Waals surface area contributed by atoms with Gasteiger partial charge in [0.1, 0.15) is 0 Å². The standard InChI is InChI=1S/C23H29N3OS2.ClH/c1-6-25(7-2)14-15-26(22(27)18-10-8-9-11-19(18)28-5)23-24-21-17(4)16(3)12-13-20(21)29-23;/h8-13H,6-7,14-15H2,1-5H3;1H.